The largest absolute Gasteiger partial charge is 0.379 e. The number of hydrogen-bond acceptors (Lipinski definition) is 8. The third-order valence-corrected chi connectivity index (χ3v) is 4.92. The van der Waals surface area contributed by atoms with Crippen LogP contribution < -0.4 is 10.6 Å². The summed E-state index contributed by atoms with van der Waals surface area (Å²) < 4.78 is 5.39. The number of benzene rings is 1. The summed E-state index contributed by atoms with van der Waals surface area (Å²) in [5.74, 6) is 1.20. The predicted molar refractivity (Wildman–Crippen MR) is 110 cm³/mol. The molecular weight excluding hydrogens is 354 g/mol. The summed E-state index contributed by atoms with van der Waals surface area (Å²) in [6.07, 6.45) is 3.30. The lowest BCUT2D eigenvalue weighted by Crippen LogP contribution is -2.39. The Labute approximate surface area is 164 Å². The first-order chi connectivity index (χ1) is 13.7. The van der Waals surface area contributed by atoms with Gasteiger partial charge in [-0.05, 0) is 37.1 Å². The summed E-state index contributed by atoms with van der Waals surface area (Å²) in [6.45, 7) is 9.40. The average molecular weight is 379 g/mol. The molecule has 0 atom stereocenters. The van der Waals surface area contributed by atoms with Crippen molar-refractivity contribution in [2.24, 2.45) is 0 Å². The fourth-order valence-corrected chi connectivity index (χ4v) is 3.14. The highest BCUT2D eigenvalue weighted by Crippen LogP contribution is 2.23. The van der Waals surface area contributed by atoms with E-state index in [9.17, 15) is 0 Å². The van der Waals surface area contributed by atoms with Crippen molar-refractivity contribution in [3.05, 3.63) is 41.7 Å². The van der Waals surface area contributed by atoms with Crippen molar-refractivity contribution in [1.29, 1.82) is 0 Å². The van der Waals surface area contributed by atoms with Crippen molar-refractivity contribution in [2.75, 3.05) is 50.0 Å². The van der Waals surface area contributed by atoms with Gasteiger partial charge in [0.05, 0.1) is 13.2 Å². The minimum atomic E-state index is 0.549. The molecule has 146 valence electrons. The van der Waals surface area contributed by atoms with E-state index in [0.717, 1.165) is 45.1 Å². The van der Waals surface area contributed by atoms with Crippen LogP contribution in [0.25, 0.3) is 11.2 Å². The van der Waals surface area contributed by atoms with Gasteiger partial charge in [0, 0.05) is 44.3 Å². The average Bonchev–Trinajstić information content (AvgIpc) is 2.72. The zero-order valence-corrected chi connectivity index (χ0v) is 16.3. The van der Waals surface area contributed by atoms with Crippen molar-refractivity contribution in [3.63, 3.8) is 0 Å². The number of aromatic nitrogens is 4. The molecule has 0 unspecified atom stereocenters. The molecule has 0 saturated carbocycles. The van der Waals surface area contributed by atoms with E-state index < -0.39 is 0 Å². The maximum Gasteiger partial charge on any atom is 0.226 e. The highest BCUT2D eigenvalue weighted by Gasteiger charge is 2.12. The summed E-state index contributed by atoms with van der Waals surface area (Å²) in [5, 5.41) is 6.69. The Hall–Kier alpha value is -2.84. The van der Waals surface area contributed by atoms with Crippen LogP contribution in [0.2, 0.25) is 0 Å². The van der Waals surface area contributed by atoms with Gasteiger partial charge in [0.2, 0.25) is 5.95 Å². The Morgan fingerprint density at radius 1 is 1.04 bits per heavy atom. The summed E-state index contributed by atoms with van der Waals surface area (Å²) in [6, 6.07) is 6.23. The summed E-state index contributed by atoms with van der Waals surface area (Å²) in [4.78, 5) is 20.3. The molecule has 28 heavy (non-hydrogen) atoms. The van der Waals surface area contributed by atoms with Crippen molar-refractivity contribution in [3.8, 4) is 0 Å². The molecule has 1 aromatic carbocycles. The van der Waals surface area contributed by atoms with E-state index in [-0.39, 0.29) is 0 Å². The van der Waals surface area contributed by atoms with Gasteiger partial charge in [0.25, 0.3) is 0 Å². The third kappa shape index (κ3) is 4.35. The van der Waals surface area contributed by atoms with Gasteiger partial charge < -0.3 is 15.4 Å². The highest BCUT2D eigenvalue weighted by atomic mass is 16.5. The van der Waals surface area contributed by atoms with Crippen LogP contribution in [0.3, 0.4) is 0 Å². The maximum atomic E-state index is 5.39. The quantitative estimate of drug-likeness (QED) is 0.675. The number of morpholine rings is 1. The molecule has 1 fully saturated rings. The molecule has 3 aromatic rings. The number of nitrogens with one attached hydrogen (secondary N) is 2. The van der Waals surface area contributed by atoms with E-state index in [1.165, 1.54) is 11.1 Å². The van der Waals surface area contributed by atoms with E-state index in [1.807, 2.05) is 6.07 Å². The molecule has 1 aliphatic heterocycles. The number of anilines is 3. The SMILES string of the molecule is Cc1ccc(Nc2nc(NCCN3CCOCC3)nc3nccnc23)cc1C. The van der Waals surface area contributed by atoms with Crippen molar-refractivity contribution >= 4 is 28.6 Å². The molecular formula is C20H25N7O. The Morgan fingerprint density at radius 3 is 2.68 bits per heavy atom. The molecule has 0 radical (unpaired) electrons. The third-order valence-electron chi connectivity index (χ3n) is 4.92. The standard InChI is InChI=1S/C20H25N7O/c1-14-3-4-16(13-15(14)2)24-19-17-18(22-6-5-21-17)25-20(26-19)23-7-8-27-9-11-28-12-10-27/h3-6,13H,7-12H2,1-2H3,(H2,22,23,24,25,26). The van der Waals surface area contributed by atoms with Crippen LogP contribution in [0.4, 0.5) is 17.5 Å². The number of aryl methyl sites for hydroxylation is 2. The summed E-state index contributed by atoms with van der Waals surface area (Å²) in [7, 11) is 0. The molecule has 2 N–H and O–H groups in total. The van der Waals surface area contributed by atoms with E-state index in [0.29, 0.717) is 22.9 Å². The normalized spacial score (nSPS) is 14.9. The number of nitrogens with zero attached hydrogens (tertiary/aromatic N) is 5. The molecule has 0 amide bonds. The van der Waals surface area contributed by atoms with Gasteiger partial charge >= 0.3 is 0 Å². The lowest BCUT2D eigenvalue weighted by atomic mass is 10.1. The minimum absolute atomic E-state index is 0.549. The number of rotatable bonds is 6. The van der Waals surface area contributed by atoms with E-state index >= 15 is 0 Å². The second-order valence-corrected chi connectivity index (χ2v) is 6.93. The minimum Gasteiger partial charge on any atom is -0.379 e. The zero-order valence-electron chi connectivity index (χ0n) is 16.3. The van der Waals surface area contributed by atoms with Gasteiger partial charge in [0.15, 0.2) is 17.0 Å². The van der Waals surface area contributed by atoms with Crippen LogP contribution in [0.1, 0.15) is 11.1 Å². The molecule has 1 saturated heterocycles. The molecule has 4 rings (SSSR count). The van der Waals surface area contributed by atoms with Gasteiger partial charge in [0.1, 0.15) is 0 Å². The van der Waals surface area contributed by atoms with Gasteiger partial charge in [-0.25, -0.2) is 9.97 Å². The molecule has 2 aromatic heterocycles. The van der Waals surface area contributed by atoms with Crippen LogP contribution in [0.15, 0.2) is 30.6 Å². The van der Waals surface area contributed by atoms with Crippen molar-refractivity contribution in [2.45, 2.75) is 13.8 Å². The second-order valence-electron chi connectivity index (χ2n) is 6.93. The predicted octanol–water partition coefficient (Wildman–Crippen LogP) is 2.52. The topological polar surface area (TPSA) is 88.1 Å². The molecule has 8 nitrogen and oxygen atoms in total. The summed E-state index contributed by atoms with van der Waals surface area (Å²) >= 11 is 0. The first kappa shape index (κ1) is 18.5. The molecule has 0 aliphatic carbocycles. The second kappa shape index (κ2) is 8.45. The molecule has 3 heterocycles. The van der Waals surface area contributed by atoms with E-state index in [4.69, 9.17) is 4.74 Å². The Balaban J connectivity index is 1.53. The summed E-state index contributed by atoms with van der Waals surface area (Å²) in [5.41, 5.74) is 4.66. The first-order valence-corrected chi connectivity index (χ1v) is 9.56. The monoisotopic (exact) mass is 379 g/mol. The molecule has 0 spiro atoms. The fraction of sp³-hybridized carbons (Fsp3) is 0.400. The lowest BCUT2D eigenvalue weighted by molar-refractivity contribution is 0.0398. The number of fused-ring (bicyclic) bond motifs is 1. The maximum absolute atomic E-state index is 5.39. The van der Waals surface area contributed by atoms with Gasteiger partial charge in [-0.1, -0.05) is 6.07 Å². The van der Waals surface area contributed by atoms with Crippen LogP contribution >= 0.6 is 0 Å². The van der Waals surface area contributed by atoms with Crippen LogP contribution in [0.5, 0.6) is 0 Å². The lowest BCUT2D eigenvalue weighted by Gasteiger charge is -2.26. The first-order valence-electron chi connectivity index (χ1n) is 9.56. The smallest absolute Gasteiger partial charge is 0.226 e. The van der Waals surface area contributed by atoms with Gasteiger partial charge in [-0.3, -0.25) is 4.90 Å². The van der Waals surface area contributed by atoms with Crippen LogP contribution in [0, 0.1) is 13.8 Å². The molecule has 8 heteroatoms. The van der Waals surface area contributed by atoms with E-state index in [2.05, 4.69) is 61.4 Å². The van der Waals surface area contributed by atoms with Crippen molar-refractivity contribution in [1.82, 2.24) is 24.8 Å². The highest BCUT2D eigenvalue weighted by molar-refractivity contribution is 5.85. The van der Waals surface area contributed by atoms with Gasteiger partial charge in [-0.2, -0.15) is 9.97 Å². The number of hydrogen-bond donors (Lipinski definition) is 2. The number of ether oxygens (including phenoxy) is 1. The van der Waals surface area contributed by atoms with Crippen LogP contribution in [-0.2, 0) is 4.74 Å². The Morgan fingerprint density at radius 2 is 1.86 bits per heavy atom. The van der Waals surface area contributed by atoms with Gasteiger partial charge in [-0.15, -0.1) is 0 Å². The fourth-order valence-electron chi connectivity index (χ4n) is 3.14. The molecule has 1 aliphatic rings. The Kier molecular flexibility index (Phi) is 5.59. The van der Waals surface area contributed by atoms with E-state index in [1.54, 1.807) is 12.4 Å². The Bertz CT molecular complexity index is 956. The van der Waals surface area contributed by atoms with Crippen molar-refractivity contribution < 1.29 is 4.74 Å². The van der Waals surface area contributed by atoms with Crippen LogP contribution in [-0.4, -0.2) is 64.2 Å². The molecule has 0 bridgehead atoms. The zero-order chi connectivity index (χ0) is 19.3.